The van der Waals surface area contributed by atoms with Gasteiger partial charge in [-0.1, -0.05) is 31.0 Å². The Hall–Kier alpha value is -1.94. The zero-order valence-corrected chi connectivity index (χ0v) is 15.9. The van der Waals surface area contributed by atoms with Crippen molar-refractivity contribution in [1.82, 2.24) is 14.1 Å². The van der Waals surface area contributed by atoms with Crippen molar-refractivity contribution in [3.8, 4) is 0 Å². The molecule has 2 aromatic rings. The number of nitrogens with zero attached hydrogens (tertiary/aromatic N) is 3. The van der Waals surface area contributed by atoms with E-state index in [-0.39, 0.29) is 24.7 Å². The number of alkyl halides is 3. The van der Waals surface area contributed by atoms with Crippen LogP contribution in [0, 0.1) is 5.82 Å². The lowest BCUT2D eigenvalue weighted by molar-refractivity contribution is -0.141. The molecule has 0 N–H and O–H groups in total. The van der Waals surface area contributed by atoms with Crippen LogP contribution in [-0.4, -0.2) is 35.1 Å². The maximum atomic E-state index is 13.9. The Kier molecular flexibility index (Phi) is 6.09. The summed E-state index contributed by atoms with van der Waals surface area (Å²) < 4.78 is 80.4. The van der Waals surface area contributed by atoms with Gasteiger partial charge in [-0.05, 0) is 25.0 Å². The van der Waals surface area contributed by atoms with E-state index in [0.717, 1.165) is 23.6 Å². The molecule has 1 saturated carbocycles. The molecule has 3 rings (SSSR count). The number of sulfonamides is 1. The normalized spacial score (nSPS) is 16.2. The second-order valence-corrected chi connectivity index (χ2v) is 8.78. The number of hydrogen-bond donors (Lipinski definition) is 0. The lowest BCUT2D eigenvalue weighted by Gasteiger charge is -2.28. The van der Waals surface area contributed by atoms with Gasteiger partial charge in [-0.3, -0.25) is 4.68 Å². The highest BCUT2D eigenvalue weighted by atomic mass is 32.2. The molecule has 0 atom stereocenters. The molecule has 1 aliphatic rings. The van der Waals surface area contributed by atoms with Crippen LogP contribution >= 0.6 is 0 Å². The summed E-state index contributed by atoms with van der Waals surface area (Å²) in [6, 6.07) is 6.30. The fourth-order valence-corrected chi connectivity index (χ4v) is 5.29. The van der Waals surface area contributed by atoms with Crippen molar-refractivity contribution in [2.45, 2.75) is 50.2 Å². The Morgan fingerprint density at radius 2 is 1.82 bits per heavy atom. The van der Waals surface area contributed by atoms with Crippen LogP contribution in [-0.2, 0) is 28.5 Å². The van der Waals surface area contributed by atoms with E-state index in [9.17, 15) is 26.0 Å². The summed E-state index contributed by atoms with van der Waals surface area (Å²) in [5, 5.41) is 3.47. The lowest BCUT2D eigenvalue weighted by atomic mass is 10.2. The first kappa shape index (κ1) is 20.8. The van der Waals surface area contributed by atoms with E-state index in [1.54, 1.807) is 6.07 Å². The van der Waals surface area contributed by atoms with Gasteiger partial charge >= 0.3 is 6.18 Å². The summed E-state index contributed by atoms with van der Waals surface area (Å²) in [6.07, 6.45) is -0.230. The minimum Gasteiger partial charge on any atom is -0.271 e. The first-order chi connectivity index (χ1) is 13.2. The topological polar surface area (TPSA) is 55.2 Å². The van der Waals surface area contributed by atoms with Gasteiger partial charge < -0.3 is 0 Å². The molecular weight excluding hydrogens is 398 g/mol. The van der Waals surface area contributed by atoms with Crippen molar-refractivity contribution in [2.24, 2.45) is 0 Å². The molecule has 10 heteroatoms. The number of benzene rings is 1. The average Bonchev–Trinajstić information content (AvgIpc) is 3.28. The molecule has 1 fully saturated rings. The predicted octanol–water partition coefficient (Wildman–Crippen LogP) is 3.82. The number of hydrogen-bond acceptors (Lipinski definition) is 3. The van der Waals surface area contributed by atoms with Crippen molar-refractivity contribution < 1.29 is 26.0 Å². The Morgan fingerprint density at radius 3 is 2.43 bits per heavy atom. The monoisotopic (exact) mass is 419 g/mol. The predicted molar refractivity (Wildman–Crippen MR) is 95.2 cm³/mol. The van der Waals surface area contributed by atoms with Crippen LogP contribution in [0.4, 0.5) is 17.6 Å². The average molecular weight is 419 g/mol. The highest BCUT2D eigenvalue weighted by Gasteiger charge is 2.35. The number of halogens is 4. The van der Waals surface area contributed by atoms with E-state index in [2.05, 4.69) is 5.10 Å². The molecule has 5 nitrogen and oxygen atoms in total. The summed E-state index contributed by atoms with van der Waals surface area (Å²) in [5.41, 5.74) is -0.946. The fraction of sp³-hybridized carbons (Fsp3) is 0.500. The van der Waals surface area contributed by atoms with Crippen LogP contribution in [0.15, 0.2) is 36.5 Å². The van der Waals surface area contributed by atoms with Crippen molar-refractivity contribution >= 4 is 10.0 Å². The van der Waals surface area contributed by atoms with Gasteiger partial charge in [0.15, 0.2) is 5.69 Å². The molecule has 0 aliphatic heterocycles. The molecule has 0 bridgehead atoms. The highest BCUT2D eigenvalue weighted by Crippen LogP contribution is 2.29. The largest absolute Gasteiger partial charge is 0.435 e. The third kappa shape index (κ3) is 4.91. The Labute approximate surface area is 161 Å². The number of rotatable bonds is 7. The van der Waals surface area contributed by atoms with E-state index in [4.69, 9.17) is 0 Å². The standard InChI is InChI=1S/C18H21F4N3O2S/c19-16-8-4-1-5-14(16)13-28(26,27)25(15-6-2-3-7-15)12-11-24-10-9-17(23-24)18(20,21)22/h1,4-5,8-10,15H,2-3,6-7,11-13H2. The van der Waals surface area contributed by atoms with E-state index >= 15 is 0 Å². The van der Waals surface area contributed by atoms with Gasteiger partial charge in [0, 0.05) is 24.3 Å². The Bertz CT molecular complexity index is 906. The summed E-state index contributed by atoms with van der Waals surface area (Å²) >= 11 is 0. The van der Waals surface area contributed by atoms with Crippen molar-refractivity contribution in [3.63, 3.8) is 0 Å². The molecule has 0 amide bonds. The molecule has 0 spiro atoms. The van der Waals surface area contributed by atoms with E-state index < -0.39 is 33.5 Å². The van der Waals surface area contributed by atoms with Crippen molar-refractivity contribution in [2.75, 3.05) is 6.54 Å². The fourth-order valence-electron chi connectivity index (χ4n) is 3.47. The Morgan fingerprint density at radius 1 is 1.14 bits per heavy atom. The highest BCUT2D eigenvalue weighted by molar-refractivity contribution is 7.88. The van der Waals surface area contributed by atoms with Crippen LogP contribution in [0.2, 0.25) is 0 Å². The van der Waals surface area contributed by atoms with Gasteiger partial charge in [-0.2, -0.15) is 22.6 Å². The smallest absolute Gasteiger partial charge is 0.271 e. The molecule has 0 unspecified atom stereocenters. The van der Waals surface area contributed by atoms with E-state index in [0.29, 0.717) is 12.8 Å². The molecule has 0 saturated heterocycles. The first-order valence-electron chi connectivity index (χ1n) is 9.00. The molecule has 0 radical (unpaired) electrons. The third-order valence-electron chi connectivity index (χ3n) is 4.87. The lowest BCUT2D eigenvalue weighted by Crippen LogP contribution is -2.41. The molecule has 1 aromatic carbocycles. The number of aromatic nitrogens is 2. The van der Waals surface area contributed by atoms with E-state index in [1.165, 1.54) is 28.7 Å². The van der Waals surface area contributed by atoms with Crippen LogP contribution in [0.3, 0.4) is 0 Å². The van der Waals surface area contributed by atoms with Crippen LogP contribution < -0.4 is 0 Å². The van der Waals surface area contributed by atoms with Gasteiger partial charge in [-0.15, -0.1) is 0 Å². The maximum Gasteiger partial charge on any atom is 0.435 e. The van der Waals surface area contributed by atoms with Gasteiger partial charge in [0.2, 0.25) is 10.0 Å². The Balaban J connectivity index is 1.77. The summed E-state index contributed by atoms with van der Waals surface area (Å²) in [5.74, 6) is -1.08. The molecule has 1 aliphatic carbocycles. The van der Waals surface area contributed by atoms with Gasteiger partial charge in [0.25, 0.3) is 0 Å². The van der Waals surface area contributed by atoms with Crippen LogP contribution in [0.25, 0.3) is 0 Å². The zero-order valence-electron chi connectivity index (χ0n) is 15.1. The first-order valence-corrected chi connectivity index (χ1v) is 10.6. The van der Waals surface area contributed by atoms with Gasteiger partial charge in [-0.25, -0.2) is 12.8 Å². The molecule has 1 aromatic heterocycles. The molecule has 28 heavy (non-hydrogen) atoms. The zero-order chi connectivity index (χ0) is 20.4. The summed E-state index contributed by atoms with van der Waals surface area (Å²) in [4.78, 5) is 0. The van der Waals surface area contributed by atoms with E-state index in [1.807, 2.05) is 0 Å². The SMILES string of the molecule is O=S(=O)(Cc1ccccc1F)N(CCn1ccc(C(F)(F)F)n1)C1CCCC1. The second kappa shape index (κ2) is 8.20. The molecule has 1 heterocycles. The second-order valence-electron chi connectivity index (χ2n) is 6.86. The maximum absolute atomic E-state index is 13.9. The van der Waals surface area contributed by atoms with Crippen molar-refractivity contribution in [3.05, 3.63) is 53.6 Å². The summed E-state index contributed by atoms with van der Waals surface area (Å²) in [6.45, 7) is -0.0243. The quantitative estimate of drug-likeness (QED) is 0.642. The third-order valence-corrected chi connectivity index (χ3v) is 6.74. The molecule has 154 valence electrons. The van der Waals surface area contributed by atoms with Gasteiger partial charge in [0.1, 0.15) is 5.82 Å². The summed E-state index contributed by atoms with van der Waals surface area (Å²) in [7, 11) is -3.84. The van der Waals surface area contributed by atoms with Crippen LogP contribution in [0.5, 0.6) is 0 Å². The minimum absolute atomic E-state index is 0.0108. The van der Waals surface area contributed by atoms with Crippen molar-refractivity contribution in [1.29, 1.82) is 0 Å². The molecular formula is C18H21F4N3O2S. The minimum atomic E-state index is -4.55. The van der Waals surface area contributed by atoms with Crippen LogP contribution in [0.1, 0.15) is 36.9 Å². The van der Waals surface area contributed by atoms with Gasteiger partial charge in [0.05, 0.1) is 12.3 Å².